The first kappa shape index (κ1) is 21.6. The zero-order valence-electron chi connectivity index (χ0n) is 17.6. The molecule has 5 rings (SSSR count). The summed E-state index contributed by atoms with van der Waals surface area (Å²) in [6.45, 7) is 1.56. The van der Waals surface area contributed by atoms with Crippen LogP contribution in [0.3, 0.4) is 0 Å². The van der Waals surface area contributed by atoms with Gasteiger partial charge in [-0.25, -0.2) is 14.5 Å². The molecule has 176 valence electrons. The second-order valence-electron chi connectivity index (χ2n) is 8.10. The number of rotatable bonds is 5. The molecule has 10 nitrogen and oxygen atoms in total. The first-order chi connectivity index (χ1) is 16.1. The standard InChI is InChI=1S/C22H18F2N4O6/c1-10(11-5-6-16-17(8-11)34-22(23,24)33-16)26-21(32)28-18(20(30)31)13(19(28)29)7-12-3-2-4-15-14(12)9-25-27-15/h2-6,8-10,13,18H,7H2,1H3,(H,25,27)(H,26,32)(H,30,31). The highest BCUT2D eigenvalue weighted by atomic mass is 19.3. The van der Waals surface area contributed by atoms with Gasteiger partial charge < -0.3 is 19.9 Å². The first-order valence-corrected chi connectivity index (χ1v) is 10.3. The Morgan fingerprint density at radius 3 is 2.79 bits per heavy atom. The topological polar surface area (TPSA) is 134 Å². The van der Waals surface area contributed by atoms with Gasteiger partial charge in [0.25, 0.3) is 0 Å². The van der Waals surface area contributed by atoms with E-state index in [1.54, 1.807) is 25.3 Å². The maximum absolute atomic E-state index is 13.2. The smallest absolute Gasteiger partial charge is 0.480 e. The van der Waals surface area contributed by atoms with E-state index in [1.165, 1.54) is 18.2 Å². The zero-order chi connectivity index (χ0) is 24.2. The number of fused-ring (bicyclic) bond motifs is 2. The molecule has 2 aliphatic heterocycles. The molecule has 34 heavy (non-hydrogen) atoms. The number of aliphatic carboxylic acids is 1. The number of carbonyl (C=O) groups is 3. The lowest BCUT2D eigenvalue weighted by molar-refractivity contribution is -0.286. The van der Waals surface area contributed by atoms with Crippen LogP contribution in [0, 0.1) is 5.92 Å². The van der Waals surface area contributed by atoms with Crippen molar-refractivity contribution in [3.63, 3.8) is 0 Å². The monoisotopic (exact) mass is 472 g/mol. The maximum atomic E-state index is 13.2. The van der Waals surface area contributed by atoms with Crippen molar-refractivity contribution in [1.82, 2.24) is 20.4 Å². The van der Waals surface area contributed by atoms with Crippen molar-refractivity contribution in [2.75, 3.05) is 0 Å². The quantitative estimate of drug-likeness (QED) is 0.486. The van der Waals surface area contributed by atoms with Gasteiger partial charge in [-0.15, -0.1) is 8.78 Å². The normalized spacial score (nSPS) is 21.3. The first-order valence-electron chi connectivity index (χ1n) is 10.3. The molecule has 2 aliphatic rings. The molecule has 3 aromatic rings. The summed E-state index contributed by atoms with van der Waals surface area (Å²) in [7, 11) is 0. The number of carboxylic acid groups (broad SMARTS) is 1. The molecule has 3 N–H and O–H groups in total. The molecule has 0 radical (unpaired) electrons. The van der Waals surface area contributed by atoms with Gasteiger partial charge in [0.2, 0.25) is 5.91 Å². The number of urea groups is 1. The number of nitrogens with one attached hydrogen (secondary N) is 2. The predicted octanol–water partition coefficient (Wildman–Crippen LogP) is 2.81. The van der Waals surface area contributed by atoms with Crippen molar-refractivity contribution in [2.24, 2.45) is 5.92 Å². The van der Waals surface area contributed by atoms with E-state index >= 15 is 0 Å². The van der Waals surface area contributed by atoms with Crippen LogP contribution in [0.1, 0.15) is 24.1 Å². The van der Waals surface area contributed by atoms with Gasteiger partial charge in [0.15, 0.2) is 17.5 Å². The Hall–Kier alpha value is -4.22. The third-order valence-corrected chi connectivity index (χ3v) is 5.97. The van der Waals surface area contributed by atoms with Crippen LogP contribution in [-0.4, -0.2) is 50.4 Å². The second kappa shape index (κ2) is 7.68. The molecule has 1 aromatic heterocycles. The number of carbonyl (C=O) groups excluding carboxylic acids is 2. The van der Waals surface area contributed by atoms with E-state index in [1.807, 2.05) is 6.07 Å². The lowest BCUT2D eigenvalue weighted by atomic mass is 9.82. The number of alkyl halides is 2. The van der Waals surface area contributed by atoms with E-state index in [9.17, 15) is 28.3 Å². The van der Waals surface area contributed by atoms with Gasteiger partial charge in [-0.2, -0.15) is 5.10 Å². The molecule has 0 bridgehead atoms. The van der Waals surface area contributed by atoms with E-state index in [-0.39, 0.29) is 17.9 Å². The van der Waals surface area contributed by atoms with Gasteiger partial charge in [-0.3, -0.25) is 9.89 Å². The third kappa shape index (κ3) is 3.56. The number of ether oxygens (including phenoxy) is 2. The van der Waals surface area contributed by atoms with Crippen LogP contribution in [-0.2, 0) is 16.0 Å². The van der Waals surface area contributed by atoms with Crippen molar-refractivity contribution in [3.8, 4) is 11.5 Å². The number of carboxylic acids is 1. The second-order valence-corrected chi connectivity index (χ2v) is 8.10. The highest BCUT2D eigenvalue weighted by Gasteiger charge is 2.55. The summed E-state index contributed by atoms with van der Waals surface area (Å²) in [4.78, 5) is 38.2. The molecular formula is C22H18F2N4O6. The number of imide groups is 1. The summed E-state index contributed by atoms with van der Waals surface area (Å²) in [5.41, 5.74) is 1.89. The van der Waals surface area contributed by atoms with Crippen molar-refractivity contribution < 1.29 is 37.7 Å². The van der Waals surface area contributed by atoms with E-state index in [0.717, 1.165) is 16.5 Å². The van der Waals surface area contributed by atoms with Crippen molar-refractivity contribution in [2.45, 2.75) is 31.7 Å². The summed E-state index contributed by atoms with van der Waals surface area (Å²) in [6, 6.07) is 6.37. The van der Waals surface area contributed by atoms with Crippen LogP contribution < -0.4 is 14.8 Å². The summed E-state index contributed by atoms with van der Waals surface area (Å²) in [5, 5.41) is 19.8. The molecule has 2 aromatic carbocycles. The van der Waals surface area contributed by atoms with Gasteiger partial charge in [0, 0.05) is 5.39 Å². The number of hydrogen-bond acceptors (Lipinski definition) is 6. The number of likely N-dealkylation sites (tertiary alicyclic amines) is 1. The molecule has 12 heteroatoms. The Bertz CT molecular complexity index is 1330. The fourth-order valence-corrected chi connectivity index (χ4v) is 4.27. The van der Waals surface area contributed by atoms with E-state index < -0.39 is 42.2 Å². The lowest BCUT2D eigenvalue weighted by Crippen LogP contribution is -2.68. The van der Waals surface area contributed by atoms with Crippen LogP contribution in [0.4, 0.5) is 13.6 Å². The van der Waals surface area contributed by atoms with Crippen LogP contribution in [0.25, 0.3) is 10.9 Å². The van der Waals surface area contributed by atoms with Gasteiger partial charge in [-0.05, 0) is 42.7 Å². The highest BCUT2D eigenvalue weighted by Crippen LogP contribution is 2.42. The largest absolute Gasteiger partial charge is 0.586 e. The number of aromatic nitrogens is 2. The van der Waals surface area contributed by atoms with Crippen LogP contribution >= 0.6 is 0 Å². The number of aromatic amines is 1. The van der Waals surface area contributed by atoms with Crippen molar-refractivity contribution in [3.05, 3.63) is 53.7 Å². The number of halogens is 2. The molecule has 0 spiro atoms. The van der Waals surface area contributed by atoms with Crippen molar-refractivity contribution >= 4 is 28.8 Å². The van der Waals surface area contributed by atoms with E-state index in [2.05, 4.69) is 25.0 Å². The minimum Gasteiger partial charge on any atom is -0.480 e. The Labute approximate surface area is 190 Å². The van der Waals surface area contributed by atoms with E-state index in [0.29, 0.717) is 10.5 Å². The SMILES string of the molecule is CC(NC(=O)N1C(=O)C(Cc2cccc3[nH]ncc23)C1C(=O)O)c1ccc2c(c1)OC(F)(F)O2. The number of amides is 3. The number of H-pyrrole nitrogens is 1. The Morgan fingerprint density at radius 2 is 2.03 bits per heavy atom. The number of benzene rings is 2. The van der Waals surface area contributed by atoms with Crippen LogP contribution in [0.5, 0.6) is 11.5 Å². The lowest BCUT2D eigenvalue weighted by Gasteiger charge is -2.43. The average Bonchev–Trinajstić information content (AvgIpc) is 3.37. The summed E-state index contributed by atoms with van der Waals surface area (Å²) in [5.74, 6) is -3.20. The minimum atomic E-state index is -3.78. The maximum Gasteiger partial charge on any atom is 0.586 e. The molecule has 0 saturated carbocycles. The number of nitrogens with zero attached hydrogens (tertiary/aromatic N) is 2. The molecule has 3 amide bonds. The Morgan fingerprint density at radius 1 is 1.26 bits per heavy atom. The summed E-state index contributed by atoms with van der Waals surface area (Å²) in [6.07, 6.45) is -2.05. The molecule has 1 fully saturated rings. The van der Waals surface area contributed by atoms with Gasteiger partial charge in [0.1, 0.15) is 0 Å². The average molecular weight is 472 g/mol. The Balaban J connectivity index is 1.30. The summed E-state index contributed by atoms with van der Waals surface area (Å²) >= 11 is 0. The molecule has 3 heterocycles. The molecular weight excluding hydrogens is 454 g/mol. The molecule has 0 aliphatic carbocycles. The highest BCUT2D eigenvalue weighted by molar-refractivity contribution is 6.07. The van der Waals surface area contributed by atoms with Crippen LogP contribution in [0.2, 0.25) is 0 Å². The predicted molar refractivity (Wildman–Crippen MR) is 111 cm³/mol. The van der Waals surface area contributed by atoms with Gasteiger partial charge in [0.05, 0.1) is 23.7 Å². The van der Waals surface area contributed by atoms with Crippen molar-refractivity contribution in [1.29, 1.82) is 0 Å². The summed E-state index contributed by atoms with van der Waals surface area (Å²) < 4.78 is 35.2. The fourth-order valence-electron chi connectivity index (χ4n) is 4.27. The number of hydrogen-bond donors (Lipinski definition) is 3. The molecule has 1 saturated heterocycles. The van der Waals surface area contributed by atoms with E-state index in [4.69, 9.17) is 0 Å². The Kier molecular flexibility index (Phi) is 4.88. The number of β-lactam (4-membered cyclic amide) rings is 1. The van der Waals surface area contributed by atoms with Gasteiger partial charge in [-0.1, -0.05) is 18.2 Å². The molecule has 3 unspecified atom stereocenters. The molecule has 3 atom stereocenters. The minimum absolute atomic E-state index is 0.127. The fraction of sp³-hybridized carbons (Fsp3) is 0.273. The van der Waals surface area contributed by atoms with Gasteiger partial charge >= 0.3 is 18.3 Å². The third-order valence-electron chi connectivity index (χ3n) is 5.97. The zero-order valence-corrected chi connectivity index (χ0v) is 17.6. The van der Waals surface area contributed by atoms with Crippen LogP contribution in [0.15, 0.2) is 42.6 Å².